The number of ether oxygens (including phenoxy) is 1. The Balaban J connectivity index is 1.36. The van der Waals surface area contributed by atoms with Crippen LogP contribution in [0.15, 0.2) is 29.1 Å². The number of morpholine rings is 1. The second-order valence-corrected chi connectivity index (χ2v) is 8.90. The van der Waals surface area contributed by atoms with Crippen molar-refractivity contribution in [3.8, 4) is 0 Å². The van der Waals surface area contributed by atoms with Crippen LogP contribution in [0.1, 0.15) is 33.6 Å². The van der Waals surface area contributed by atoms with E-state index in [0.29, 0.717) is 24.7 Å². The van der Waals surface area contributed by atoms with Crippen molar-refractivity contribution < 1.29 is 9.53 Å². The number of fused-ring (bicyclic) bond motifs is 1. The standard InChI is InChI=1S/C23H34N4O3/c1-4-26-20-7-5-6-8-21(20)27(23(26)29)16-22(28)25-11-9-19(10-12-25)15-24-13-17(2)30-18(3)14-24/h5-8,17-19H,4,9-16H2,1-3H3. The molecule has 2 aromatic rings. The van der Waals surface area contributed by atoms with Crippen LogP contribution in [0.4, 0.5) is 0 Å². The van der Waals surface area contributed by atoms with Gasteiger partial charge in [0.2, 0.25) is 5.91 Å². The molecular weight excluding hydrogens is 380 g/mol. The number of imidazole rings is 1. The van der Waals surface area contributed by atoms with E-state index in [0.717, 1.165) is 56.6 Å². The number of aromatic nitrogens is 2. The van der Waals surface area contributed by atoms with Crippen molar-refractivity contribution in [3.05, 3.63) is 34.7 Å². The van der Waals surface area contributed by atoms with Crippen LogP contribution < -0.4 is 5.69 Å². The zero-order valence-electron chi connectivity index (χ0n) is 18.4. The number of nitrogens with zero attached hydrogens (tertiary/aromatic N) is 4. The predicted molar refractivity (Wildman–Crippen MR) is 118 cm³/mol. The monoisotopic (exact) mass is 414 g/mol. The number of piperidine rings is 1. The van der Waals surface area contributed by atoms with Gasteiger partial charge in [-0.05, 0) is 51.7 Å². The van der Waals surface area contributed by atoms with Crippen molar-refractivity contribution in [2.45, 2.75) is 58.9 Å². The van der Waals surface area contributed by atoms with E-state index in [9.17, 15) is 9.59 Å². The van der Waals surface area contributed by atoms with Crippen molar-refractivity contribution in [3.63, 3.8) is 0 Å². The Morgan fingerprint density at radius 3 is 2.23 bits per heavy atom. The average Bonchev–Trinajstić information content (AvgIpc) is 2.98. The Labute approximate surface area is 178 Å². The first-order valence-electron chi connectivity index (χ1n) is 11.3. The van der Waals surface area contributed by atoms with Gasteiger partial charge in [0.15, 0.2) is 0 Å². The van der Waals surface area contributed by atoms with E-state index in [1.165, 1.54) is 0 Å². The molecule has 1 aromatic heterocycles. The second-order valence-electron chi connectivity index (χ2n) is 8.90. The van der Waals surface area contributed by atoms with E-state index >= 15 is 0 Å². The minimum absolute atomic E-state index is 0.0446. The molecule has 7 nitrogen and oxygen atoms in total. The molecule has 2 aliphatic rings. The number of hydrogen-bond acceptors (Lipinski definition) is 4. The van der Waals surface area contributed by atoms with Crippen LogP contribution in [0.3, 0.4) is 0 Å². The Kier molecular flexibility index (Phi) is 6.29. The summed E-state index contributed by atoms with van der Waals surface area (Å²) in [5.41, 5.74) is 1.63. The lowest BCUT2D eigenvalue weighted by Gasteiger charge is -2.39. The van der Waals surface area contributed by atoms with Gasteiger partial charge in [0.1, 0.15) is 6.54 Å². The number of amides is 1. The molecule has 164 valence electrons. The molecule has 30 heavy (non-hydrogen) atoms. The molecule has 2 fully saturated rings. The van der Waals surface area contributed by atoms with Crippen LogP contribution in [0.25, 0.3) is 11.0 Å². The molecule has 2 unspecified atom stereocenters. The fourth-order valence-corrected chi connectivity index (χ4v) is 5.13. The van der Waals surface area contributed by atoms with Crippen molar-refractivity contribution in [2.24, 2.45) is 5.92 Å². The molecule has 0 N–H and O–H groups in total. The first-order chi connectivity index (χ1) is 14.5. The van der Waals surface area contributed by atoms with Crippen LogP contribution in [-0.4, -0.2) is 69.8 Å². The van der Waals surface area contributed by atoms with Crippen molar-refractivity contribution in [1.29, 1.82) is 0 Å². The molecule has 3 heterocycles. The zero-order chi connectivity index (χ0) is 21.3. The largest absolute Gasteiger partial charge is 0.373 e. The summed E-state index contributed by atoms with van der Waals surface area (Å²) in [6.07, 6.45) is 2.63. The number of carbonyl (C=O) groups is 1. The Morgan fingerprint density at radius 2 is 1.63 bits per heavy atom. The summed E-state index contributed by atoms with van der Waals surface area (Å²) in [6, 6.07) is 7.72. The number of carbonyl (C=O) groups excluding carboxylic acids is 1. The summed E-state index contributed by atoms with van der Waals surface area (Å²) in [6.45, 7) is 11.6. The summed E-state index contributed by atoms with van der Waals surface area (Å²) < 4.78 is 9.20. The highest BCUT2D eigenvalue weighted by molar-refractivity contribution is 5.81. The quantitative estimate of drug-likeness (QED) is 0.752. The zero-order valence-corrected chi connectivity index (χ0v) is 18.4. The van der Waals surface area contributed by atoms with Crippen LogP contribution in [0, 0.1) is 5.92 Å². The fourth-order valence-electron chi connectivity index (χ4n) is 5.13. The second kappa shape index (κ2) is 8.94. The summed E-state index contributed by atoms with van der Waals surface area (Å²) in [5.74, 6) is 0.666. The van der Waals surface area contributed by atoms with E-state index in [1.54, 1.807) is 9.13 Å². The predicted octanol–water partition coefficient (Wildman–Crippen LogP) is 2.17. The van der Waals surface area contributed by atoms with E-state index in [2.05, 4.69) is 18.7 Å². The molecular formula is C23H34N4O3. The van der Waals surface area contributed by atoms with E-state index < -0.39 is 0 Å². The highest BCUT2D eigenvalue weighted by atomic mass is 16.5. The molecule has 0 spiro atoms. The third-order valence-electron chi connectivity index (χ3n) is 6.51. The molecule has 0 aliphatic carbocycles. The Hall–Kier alpha value is -2.12. The molecule has 2 atom stereocenters. The average molecular weight is 415 g/mol. The number of benzene rings is 1. The van der Waals surface area contributed by atoms with Gasteiger partial charge >= 0.3 is 5.69 Å². The molecule has 0 saturated carbocycles. The third kappa shape index (κ3) is 4.32. The maximum Gasteiger partial charge on any atom is 0.329 e. The van der Waals surface area contributed by atoms with Crippen molar-refractivity contribution in [2.75, 3.05) is 32.7 Å². The molecule has 0 bridgehead atoms. The first-order valence-corrected chi connectivity index (χ1v) is 11.3. The number of para-hydroxylation sites is 2. The SMILES string of the molecule is CCn1c(=O)n(CC(=O)N2CCC(CN3CC(C)OC(C)C3)CC2)c2ccccc21. The number of aryl methyl sites for hydroxylation is 1. The molecule has 4 rings (SSSR count). The maximum absolute atomic E-state index is 13.0. The van der Waals surface area contributed by atoms with E-state index in [1.807, 2.05) is 36.1 Å². The van der Waals surface area contributed by atoms with Crippen molar-refractivity contribution >= 4 is 16.9 Å². The van der Waals surface area contributed by atoms with Crippen LogP contribution in [0.2, 0.25) is 0 Å². The summed E-state index contributed by atoms with van der Waals surface area (Å²) >= 11 is 0. The van der Waals surface area contributed by atoms with Crippen LogP contribution in [0.5, 0.6) is 0 Å². The molecule has 0 radical (unpaired) electrons. The van der Waals surface area contributed by atoms with Gasteiger partial charge in [-0.15, -0.1) is 0 Å². The summed E-state index contributed by atoms with van der Waals surface area (Å²) in [7, 11) is 0. The highest BCUT2D eigenvalue weighted by Gasteiger charge is 2.28. The lowest BCUT2D eigenvalue weighted by Crippen LogP contribution is -2.49. The van der Waals surface area contributed by atoms with Gasteiger partial charge in [0, 0.05) is 39.3 Å². The fraction of sp³-hybridized carbons (Fsp3) is 0.652. The lowest BCUT2D eigenvalue weighted by atomic mass is 9.95. The number of likely N-dealkylation sites (tertiary alicyclic amines) is 1. The Bertz CT molecular complexity index is 932. The van der Waals surface area contributed by atoms with Crippen molar-refractivity contribution in [1.82, 2.24) is 18.9 Å². The molecule has 1 amide bonds. The van der Waals surface area contributed by atoms with Gasteiger partial charge in [-0.2, -0.15) is 0 Å². The lowest BCUT2D eigenvalue weighted by molar-refractivity contribution is -0.133. The van der Waals surface area contributed by atoms with E-state index in [4.69, 9.17) is 4.74 Å². The third-order valence-corrected chi connectivity index (χ3v) is 6.51. The smallest absolute Gasteiger partial charge is 0.329 e. The highest BCUT2D eigenvalue weighted by Crippen LogP contribution is 2.21. The first kappa shape index (κ1) is 21.1. The summed E-state index contributed by atoms with van der Waals surface area (Å²) in [5, 5.41) is 0. The van der Waals surface area contributed by atoms with Gasteiger partial charge in [-0.25, -0.2) is 4.79 Å². The summed E-state index contributed by atoms with van der Waals surface area (Å²) in [4.78, 5) is 30.2. The molecule has 1 aromatic carbocycles. The van der Waals surface area contributed by atoms with Gasteiger partial charge < -0.3 is 9.64 Å². The van der Waals surface area contributed by atoms with Gasteiger partial charge in [0.25, 0.3) is 0 Å². The van der Waals surface area contributed by atoms with E-state index in [-0.39, 0.29) is 18.1 Å². The molecule has 2 saturated heterocycles. The van der Waals surface area contributed by atoms with Gasteiger partial charge in [0.05, 0.1) is 23.2 Å². The number of hydrogen-bond donors (Lipinski definition) is 0. The normalized spacial score (nSPS) is 23.9. The van der Waals surface area contributed by atoms with Crippen LogP contribution >= 0.6 is 0 Å². The van der Waals surface area contributed by atoms with Crippen LogP contribution in [-0.2, 0) is 22.6 Å². The molecule has 7 heteroatoms. The minimum atomic E-state index is -0.0995. The maximum atomic E-state index is 13.0. The van der Waals surface area contributed by atoms with Gasteiger partial charge in [-0.1, -0.05) is 12.1 Å². The minimum Gasteiger partial charge on any atom is -0.373 e. The number of rotatable bonds is 5. The van der Waals surface area contributed by atoms with Gasteiger partial charge in [-0.3, -0.25) is 18.8 Å². The topological polar surface area (TPSA) is 59.7 Å². The molecule has 2 aliphatic heterocycles. The Morgan fingerprint density at radius 1 is 1.03 bits per heavy atom.